The highest BCUT2D eigenvalue weighted by Gasteiger charge is 2.20. The van der Waals surface area contributed by atoms with Crippen LogP contribution in [0.4, 0.5) is 5.69 Å². The largest absolute Gasteiger partial charge is 0.451 e. The molecule has 3 aromatic carbocycles. The molecule has 0 saturated carbocycles. The number of anilines is 1. The van der Waals surface area contributed by atoms with Crippen LogP contribution in [0.15, 0.2) is 71.1 Å². The first-order chi connectivity index (χ1) is 14.4. The van der Waals surface area contributed by atoms with Gasteiger partial charge in [0.05, 0.1) is 11.4 Å². The van der Waals surface area contributed by atoms with Crippen molar-refractivity contribution in [2.24, 2.45) is 0 Å². The first kappa shape index (κ1) is 19.9. The second kappa shape index (κ2) is 7.81. The molecule has 1 heterocycles. The van der Waals surface area contributed by atoms with Crippen molar-refractivity contribution >= 4 is 43.4 Å². The lowest BCUT2D eigenvalue weighted by Crippen LogP contribution is -2.29. The summed E-state index contributed by atoms with van der Waals surface area (Å²) in [6.07, 6.45) is 0.392. The molecule has 154 valence electrons. The molecule has 8 heteroatoms. The summed E-state index contributed by atoms with van der Waals surface area (Å²) in [7, 11) is -2.08. The second-order valence-corrected chi connectivity index (χ2v) is 9.07. The van der Waals surface area contributed by atoms with Crippen molar-refractivity contribution in [3.63, 3.8) is 0 Å². The number of carbonyl (C=O) groups excluding carboxylic acids is 1. The van der Waals surface area contributed by atoms with Crippen LogP contribution in [0.3, 0.4) is 0 Å². The molecule has 7 nitrogen and oxygen atoms in total. The maximum Gasteiger partial charge on any atom is 0.310 e. The van der Waals surface area contributed by atoms with Gasteiger partial charge in [0.25, 0.3) is 0 Å². The number of amides is 1. The van der Waals surface area contributed by atoms with Crippen LogP contribution in [0.25, 0.3) is 21.7 Å². The van der Waals surface area contributed by atoms with Gasteiger partial charge in [0.15, 0.2) is 5.76 Å². The zero-order valence-corrected chi connectivity index (χ0v) is 17.0. The summed E-state index contributed by atoms with van der Waals surface area (Å²) in [6.45, 7) is 0. The molecule has 0 atom stereocenters. The van der Waals surface area contributed by atoms with Crippen LogP contribution in [-0.2, 0) is 16.4 Å². The number of furan rings is 1. The second-order valence-electron chi connectivity index (χ2n) is 6.95. The standard InChI is InChI=1S/C22H20N2O5S/c1-24(18-9-10-20-17(13-18)14-21(29-20)22(25)23-26)30(27,28)12-11-16-7-4-6-15-5-2-3-8-19(15)16/h2-10,13-14,26H,11-12H2,1H3,(H,23,25). The van der Waals surface area contributed by atoms with E-state index >= 15 is 0 Å². The fourth-order valence-corrected chi connectivity index (χ4v) is 4.63. The van der Waals surface area contributed by atoms with Gasteiger partial charge in [-0.2, -0.15) is 0 Å². The van der Waals surface area contributed by atoms with E-state index < -0.39 is 15.9 Å². The number of fused-ring (bicyclic) bond motifs is 2. The van der Waals surface area contributed by atoms with Crippen LogP contribution in [-0.4, -0.2) is 32.3 Å². The minimum atomic E-state index is -3.58. The van der Waals surface area contributed by atoms with E-state index in [1.807, 2.05) is 42.5 Å². The van der Waals surface area contributed by atoms with E-state index in [1.165, 1.54) is 22.9 Å². The topological polar surface area (TPSA) is 99.8 Å². The van der Waals surface area contributed by atoms with Gasteiger partial charge < -0.3 is 4.42 Å². The molecule has 0 aliphatic rings. The van der Waals surface area contributed by atoms with E-state index in [1.54, 1.807) is 18.2 Å². The number of rotatable bonds is 6. The van der Waals surface area contributed by atoms with Gasteiger partial charge in [-0.15, -0.1) is 0 Å². The fourth-order valence-electron chi connectivity index (χ4n) is 3.44. The number of aryl methyl sites for hydroxylation is 1. The summed E-state index contributed by atoms with van der Waals surface area (Å²) in [5.41, 5.74) is 3.36. The van der Waals surface area contributed by atoms with Gasteiger partial charge in [-0.1, -0.05) is 42.5 Å². The van der Waals surface area contributed by atoms with Crippen molar-refractivity contribution in [3.05, 3.63) is 78.1 Å². The Hall–Kier alpha value is -3.36. The predicted molar refractivity (Wildman–Crippen MR) is 115 cm³/mol. The van der Waals surface area contributed by atoms with Crippen LogP contribution in [0.5, 0.6) is 0 Å². The third-order valence-corrected chi connectivity index (χ3v) is 6.88. The SMILES string of the molecule is CN(c1ccc2oc(C(=O)NO)cc2c1)S(=O)(=O)CCc1cccc2ccccc12. The van der Waals surface area contributed by atoms with Crippen molar-refractivity contribution in [3.8, 4) is 0 Å². The lowest BCUT2D eigenvalue weighted by molar-refractivity contribution is 0.0678. The molecule has 4 aromatic rings. The van der Waals surface area contributed by atoms with E-state index in [-0.39, 0.29) is 11.5 Å². The summed E-state index contributed by atoms with van der Waals surface area (Å²) in [5, 5.41) is 11.4. The van der Waals surface area contributed by atoms with Gasteiger partial charge in [0, 0.05) is 12.4 Å². The summed E-state index contributed by atoms with van der Waals surface area (Å²) in [5.74, 6) is -0.881. The van der Waals surface area contributed by atoms with Gasteiger partial charge >= 0.3 is 5.91 Å². The van der Waals surface area contributed by atoms with Crippen molar-refractivity contribution in [1.82, 2.24) is 5.48 Å². The summed E-state index contributed by atoms with van der Waals surface area (Å²) >= 11 is 0. The van der Waals surface area contributed by atoms with E-state index in [0.717, 1.165) is 16.3 Å². The molecular weight excluding hydrogens is 404 g/mol. The van der Waals surface area contributed by atoms with Crippen molar-refractivity contribution in [2.75, 3.05) is 17.1 Å². The number of carbonyl (C=O) groups is 1. The zero-order valence-electron chi connectivity index (χ0n) is 16.2. The molecule has 0 fully saturated rings. The van der Waals surface area contributed by atoms with Crippen LogP contribution in [0, 0.1) is 0 Å². The number of hydrogen-bond donors (Lipinski definition) is 2. The van der Waals surface area contributed by atoms with Gasteiger partial charge in [0.1, 0.15) is 5.58 Å². The Morgan fingerprint density at radius 2 is 1.80 bits per heavy atom. The van der Waals surface area contributed by atoms with Gasteiger partial charge in [-0.05, 0) is 47.0 Å². The van der Waals surface area contributed by atoms with E-state index in [0.29, 0.717) is 23.1 Å². The van der Waals surface area contributed by atoms with Gasteiger partial charge in [-0.25, -0.2) is 13.9 Å². The molecule has 0 aliphatic heterocycles. The number of nitrogens with one attached hydrogen (secondary N) is 1. The van der Waals surface area contributed by atoms with Crippen LogP contribution < -0.4 is 9.79 Å². The minimum Gasteiger partial charge on any atom is -0.451 e. The molecule has 0 saturated heterocycles. The quantitative estimate of drug-likeness (QED) is 0.363. The van der Waals surface area contributed by atoms with E-state index in [4.69, 9.17) is 9.62 Å². The zero-order chi connectivity index (χ0) is 21.3. The molecule has 1 amide bonds. The van der Waals surface area contributed by atoms with Crippen LogP contribution in [0.1, 0.15) is 16.1 Å². The van der Waals surface area contributed by atoms with Crippen molar-refractivity contribution < 1.29 is 22.8 Å². The number of hydrogen-bond acceptors (Lipinski definition) is 5. The highest BCUT2D eigenvalue weighted by molar-refractivity contribution is 7.92. The number of nitrogens with zero attached hydrogens (tertiary/aromatic N) is 1. The highest BCUT2D eigenvalue weighted by atomic mass is 32.2. The summed E-state index contributed by atoms with van der Waals surface area (Å²) in [4.78, 5) is 11.5. The van der Waals surface area contributed by atoms with Crippen molar-refractivity contribution in [2.45, 2.75) is 6.42 Å². The van der Waals surface area contributed by atoms with E-state index in [2.05, 4.69) is 0 Å². The Balaban J connectivity index is 1.57. The third-order valence-electron chi connectivity index (χ3n) is 5.12. The molecule has 1 aromatic heterocycles. The van der Waals surface area contributed by atoms with Crippen molar-refractivity contribution in [1.29, 1.82) is 0 Å². The van der Waals surface area contributed by atoms with E-state index in [9.17, 15) is 13.2 Å². The Bertz CT molecular complexity index is 1340. The molecule has 0 radical (unpaired) electrons. The summed E-state index contributed by atoms with van der Waals surface area (Å²) < 4.78 is 32.5. The average molecular weight is 424 g/mol. The Morgan fingerprint density at radius 3 is 2.60 bits per heavy atom. The monoisotopic (exact) mass is 424 g/mol. The van der Waals surface area contributed by atoms with Gasteiger partial charge in [-0.3, -0.25) is 14.3 Å². The number of benzene rings is 3. The molecule has 0 bridgehead atoms. The summed E-state index contributed by atoms with van der Waals surface area (Å²) in [6, 6.07) is 20.1. The first-order valence-electron chi connectivity index (χ1n) is 9.30. The lowest BCUT2D eigenvalue weighted by atomic mass is 10.0. The lowest BCUT2D eigenvalue weighted by Gasteiger charge is -2.19. The van der Waals surface area contributed by atoms with Crippen LogP contribution in [0.2, 0.25) is 0 Å². The molecule has 2 N–H and O–H groups in total. The molecule has 0 aliphatic carbocycles. The maximum absolute atomic E-state index is 12.9. The molecule has 0 unspecified atom stereocenters. The minimum absolute atomic E-state index is 0.0426. The Labute approximate surface area is 173 Å². The molecule has 4 rings (SSSR count). The van der Waals surface area contributed by atoms with Crippen LogP contribution >= 0.6 is 0 Å². The molecular formula is C22H20N2O5S. The molecule has 30 heavy (non-hydrogen) atoms. The predicted octanol–water partition coefficient (Wildman–Crippen LogP) is 3.71. The number of hydroxylamine groups is 1. The Morgan fingerprint density at radius 1 is 1.03 bits per heavy atom. The fraction of sp³-hybridized carbons (Fsp3) is 0.136. The Kier molecular flexibility index (Phi) is 5.19. The number of sulfonamides is 1. The average Bonchev–Trinajstić information content (AvgIpc) is 3.20. The molecule has 0 spiro atoms. The first-order valence-corrected chi connectivity index (χ1v) is 10.9. The highest BCUT2D eigenvalue weighted by Crippen LogP contribution is 2.27. The maximum atomic E-state index is 12.9. The van der Waals surface area contributed by atoms with Gasteiger partial charge in [0.2, 0.25) is 10.0 Å². The normalized spacial score (nSPS) is 11.7. The smallest absolute Gasteiger partial charge is 0.310 e. The third kappa shape index (κ3) is 3.74.